The summed E-state index contributed by atoms with van der Waals surface area (Å²) in [5.41, 5.74) is 10.6. The van der Waals surface area contributed by atoms with Crippen LogP contribution in [0.5, 0.6) is 5.75 Å². The molecule has 0 atom stereocenters. The van der Waals surface area contributed by atoms with Crippen LogP contribution >= 0.6 is 11.3 Å². The summed E-state index contributed by atoms with van der Waals surface area (Å²) in [6, 6.07) is 12.2. The van der Waals surface area contributed by atoms with Crippen molar-refractivity contribution in [2.45, 2.75) is 13.3 Å². The van der Waals surface area contributed by atoms with Gasteiger partial charge < -0.3 is 25.6 Å². The molecule has 1 aliphatic rings. The molecule has 4 aromatic rings. The lowest BCUT2D eigenvalue weighted by atomic mass is 10.1. The fourth-order valence-corrected chi connectivity index (χ4v) is 5.18. The summed E-state index contributed by atoms with van der Waals surface area (Å²) in [6.45, 7) is 8.24. The van der Waals surface area contributed by atoms with Crippen molar-refractivity contribution in [3.05, 3.63) is 47.7 Å². The first-order valence-corrected chi connectivity index (χ1v) is 12.6. The van der Waals surface area contributed by atoms with E-state index in [1.807, 2.05) is 37.3 Å². The van der Waals surface area contributed by atoms with E-state index >= 15 is 0 Å². The van der Waals surface area contributed by atoms with Gasteiger partial charge in [-0.05, 0) is 50.2 Å². The number of aromatic nitrogens is 2. The Labute approximate surface area is 208 Å². The maximum Gasteiger partial charge on any atom is 0.181 e. The van der Waals surface area contributed by atoms with Gasteiger partial charge in [0.1, 0.15) is 11.8 Å². The molecule has 0 aliphatic carbocycles. The van der Waals surface area contributed by atoms with Gasteiger partial charge in [0.15, 0.2) is 5.13 Å². The summed E-state index contributed by atoms with van der Waals surface area (Å²) in [4.78, 5) is 13.7. The molecule has 0 spiro atoms. The summed E-state index contributed by atoms with van der Waals surface area (Å²) < 4.78 is 7.14. The van der Waals surface area contributed by atoms with E-state index in [0.29, 0.717) is 17.3 Å². The Morgan fingerprint density at radius 2 is 2.00 bits per heavy atom. The predicted octanol–water partition coefficient (Wildman–Crippen LogP) is 4.37. The number of nitrogens with two attached hydrogens (primary N) is 1. The first-order chi connectivity index (χ1) is 17.0. The summed E-state index contributed by atoms with van der Waals surface area (Å²) in [5.74, 6) is 0.834. The van der Waals surface area contributed by atoms with Crippen LogP contribution < -0.4 is 15.8 Å². The fourth-order valence-electron chi connectivity index (χ4n) is 4.41. The molecule has 0 bridgehead atoms. The number of hydrogen-bond donors (Lipinski definition) is 2. The molecule has 8 nitrogen and oxygen atoms in total. The highest BCUT2D eigenvalue weighted by atomic mass is 32.1. The van der Waals surface area contributed by atoms with Crippen molar-refractivity contribution >= 4 is 49.0 Å². The number of nitriles is 1. The number of likely N-dealkylation sites (N-methyl/N-ethyl adjacent to an activating group) is 1. The molecule has 3 N–H and O–H groups in total. The van der Waals surface area contributed by atoms with Gasteiger partial charge >= 0.3 is 0 Å². The summed E-state index contributed by atoms with van der Waals surface area (Å²) in [5, 5.41) is 14.6. The summed E-state index contributed by atoms with van der Waals surface area (Å²) in [7, 11) is 2.17. The van der Waals surface area contributed by atoms with Gasteiger partial charge in [0.05, 0.1) is 33.6 Å². The molecule has 0 radical (unpaired) electrons. The molecule has 5 rings (SSSR count). The minimum absolute atomic E-state index is 0.488. The highest BCUT2D eigenvalue weighted by Gasteiger charge is 2.15. The van der Waals surface area contributed by atoms with Gasteiger partial charge in [0.2, 0.25) is 0 Å². The van der Waals surface area contributed by atoms with E-state index in [-0.39, 0.29) is 0 Å². The van der Waals surface area contributed by atoms with E-state index in [2.05, 4.69) is 38.2 Å². The molecule has 3 heterocycles. The second-order valence-electron chi connectivity index (χ2n) is 9.00. The Morgan fingerprint density at radius 1 is 1.17 bits per heavy atom. The molecular formula is C26H29N7OS. The van der Waals surface area contributed by atoms with Crippen molar-refractivity contribution in [3.63, 3.8) is 0 Å². The van der Waals surface area contributed by atoms with Crippen LogP contribution in [0.2, 0.25) is 0 Å². The van der Waals surface area contributed by atoms with Crippen molar-refractivity contribution in [3.8, 4) is 11.8 Å². The molecule has 35 heavy (non-hydrogen) atoms. The Hall–Kier alpha value is -3.45. The standard InChI is InChI=1S/C26H29N7OS/c1-17-12-20-22(14-23(17)34-11-3-6-33-9-7-32(2)8-10-33)29-16-18(15-27)25(20)30-19-4-5-21-24(13-19)35-26(28)31-21/h4-5,12-14,16H,3,6-11H2,1-2H3,(H2,28,31)(H,29,30). The molecule has 180 valence electrons. The second kappa shape index (κ2) is 10.0. The molecule has 0 saturated carbocycles. The quantitative estimate of drug-likeness (QED) is 0.371. The van der Waals surface area contributed by atoms with E-state index < -0.39 is 0 Å². The van der Waals surface area contributed by atoms with Crippen LogP contribution in [0.25, 0.3) is 21.1 Å². The van der Waals surface area contributed by atoms with Crippen LogP contribution in [0.1, 0.15) is 17.5 Å². The zero-order valence-corrected chi connectivity index (χ0v) is 20.9. The van der Waals surface area contributed by atoms with Gasteiger partial charge in [-0.15, -0.1) is 0 Å². The monoisotopic (exact) mass is 487 g/mol. The van der Waals surface area contributed by atoms with Gasteiger partial charge in [0.25, 0.3) is 0 Å². The second-order valence-corrected chi connectivity index (χ2v) is 10.1. The lowest BCUT2D eigenvalue weighted by Crippen LogP contribution is -2.44. The fraction of sp³-hybridized carbons (Fsp3) is 0.346. The first-order valence-electron chi connectivity index (χ1n) is 11.8. The van der Waals surface area contributed by atoms with Gasteiger partial charge in [-0.25, -0.2) is 4.98 Å². The highest BCUT2D eigenvalue weighted by Crippen LogP contribution is 2.34. The molecule has 1 saturated heterocycles. The molecule has 0 unspecified atom stereocenters. The van der Waals surface area contributed by atoms with Crippen molar-refractivity contribution < 1.29 is 4.74 Å². The Morgan fingerprint density at radius 3 is 2.80 bits per heavy atom. The number of nitrogens with zero attached hydrogens (tertiary/aromatic N) is 5. The van der Waals surface area contributed by atoms with Gasteiger partial charge in [-0.3, -0.25) is 4.98 Å². The number of rotatable bonds is 7. The third-order valence-corrected chi connectivity index (χ3v) is 7.28. The third-order valence-electron chi connectivity index (χ3n) is 6.43. The molecule has 0 amide bonds. The number of aryl methyl sites for hydroxylation is 1. The van der Waals surface area contributed by atoms with Crippen LogP contribution in [0.15, 0.2) is 36.5 Å². The average molecular weight is 488 g/mol. The van der Waals surface area contributed by atoms with Gasteiger partial charge in [-0.2, -0.15) is 5.26 Å². The third kappa shape index (κ3) is 5.15. The number of pyridine rings is 1. The maximum atomic E-state index is 9.73. The number of anilines is 3. The minimum Gasteiger partial charge on any atom is -0.493 e. The van der Waals surface area contributed by atoms with Crippen LogP contribution in [0.4, 0.5) is 16.5 Å². The number of thiazole rings is 1. The zero-order valence-electron chi connectivity index (χ0n) is 20.0. The zero-order chi connectivity index (χ0) is 24.4. The Kier molecular flexibility index (Phi) is 6.68. The number of ether oxygens (including phenoxy) is 1. The number of nitrogen functional groups attached to an aromatic ring is 1. The largest absolute Gasteiger partial charge is 0.493 e. The van der Waals surface area contributed by atoms with Crippen LogP contribution in [-0.4, -0.2) is 66.1 Å². The Balaban J connectivity index is 1.34. The number of nitrogens with one attached hydrogen (secondary N) is 1. The average Bonchev–Trinajstić information content (AvgIpc) is 3.23. The van der Waals surface area contributed by atoms with Crippen LogP contribution in [0, 0.1) is 18.3 Å². The van der Waals surface area contributed by atoms with Crippen LogP contribution in [-0.2, 0) is 0 Å². The topological polar surface area (TPSA) is 103 Å². The van der Waals surface area contributed by atoms with E-state index in [1.165, 1.54) is 11.3 Å². The normalized spacial score (nSPS) is 14.9. The van der Waals surface area contributed by atoms with E-state index in [9.17, 15) is 5.26 Å². The summed E-state index contributed by atoms with van der Waals surface area (Å²) >= 11 is 1.44. The Bertz CT molecular complexity index is 1400. The first kappa shape index (κ1) is 23.3. The minimum atomic E-state index is 0.488. The smallest absolute Gasteiger partial charge is 0.181 e. The summed E-state index contributed by atoms with van der Waals surface area (Å²) in [6.07, 6.45) is 2.60. The SMILES string of the molecule is Cc1cc2c(Nc3ccc4nc(N)sc4c3)c(C#N)cnc2cc1OCCCN1CCN(C)CC1. The molecule has 1 aliphatic heterocycles. The lowest BCUT2D eigenvalue weighted by molar-refractivity contribution is 0.145. The van der Waals surface area contributed by atoms with Crippen molar-refractivity contribution in [2.75, 3.05) is 57.4 Å². The molecule has 9 heteroatoms. The number of piperazine rings is 1. The number of hydrogen-bond acceptors (Lipinski definition) is 9. The van der Waals surface area contributed by atoms with Crippen LogP contribution in [0.3, 0.4) is 0 Å². The van der Waals surface area contributed by atoms with E-state index in [1.54, 1.807) is 6.20 Å². The van der Waals surface area contributed by atoms with Crippen molar-refractivity contribution in [1.82, 2.24) is 19.8 Å². The van der Waals surface area contributed by atoms with E-state index in [4.69, 9.17) is 10.5 Å². The number of fused-ring (bicyclic) bond motifs is 2. The van der Waals surface area contributed by atoms with Crippen molar-refractivity contribution in [1.29, 1.82) is 5.26 Å². The van der Waals surface area contributed by atoms with Gasteiger partial charge in [-0.1, -0.05) is 11.3 Å². The van der Waals surface area contributed by atoms with Gasteiger partial charge in [0, 0.05) is 56.1 Å². The number of benzene rings is 2. The maximum absolute atomic E-state index is 9.73. The molecule has 2 aromatic carbocycles. The molecule has 2 aromatic heterocycles. The highest BCUT2D eigenvalue weighted by molar-refractivity contribution is 7.22. The van der Waals surface area contributed by atoms with Crippen molar-refractivity contribution in [2.24, 2.45) is 0 Å². The molecular weight excluding hydrogens is 458 g/mol. The van der Waals surface area contributed by atoms with E-state index in [0.717, 1.165) is 83.0 Å². The molecule has 1 fully saturated rings. The predicted molar refractivity (Wildman–Crippen MR) is 143 cm³/mol. The lowest BCUT2D eigenvalue weighted by Gasteiger charge is -2.32.